The van der Waals surface area contributed by atoms with Crippen LogP contribution in [0.1, 0.15) is 59.3 Å². The number of thioether (sulfide) groups is 1. The molecule has 2 fully saturated rings. The predicted octanol–water partition coefficient (Wildman–Crippen LogP) is 4.06. The van der Waals surface area contributed by atoms with E-state index in [1.165, 1.54) is 49.4 Å². The summed E-state index contributed by atoms with van der Waals surface area (Å²) >= 11 is 1.89. The zero-order chi connectivity index (χ0) is 13.0. The fraction of sp³-hybridized carbons (Fsp3) is 0.933. The Balaban J connectivity index is 1.73. The SMILES string of the molecule is CC1CCCC(CCN=C2NC(C)(C)CCS2)C1. The Kier molecular flexibility index (Phi) is 4.99. The molecule has 104 valence electrons. The van der Waals surface area contributed by atoms with E-state index in [9.17, 15) is 0 Å². The first-order chi connectivity index (χ1) is 8.55. The maximum Gasteiger partial charge on any atom is 0.156 e. The van der Waals surface area contributed by atoms with Crippen molar-refractivity contribution in [3.8, 4) is 0 Å². The van der Waals surface area contributed by atoms with Crippen molar-refractivity contribution >= 4 is 16.9 Å². The Morgan fingerprint density at radius 2 is 2.22 bits per heavy atom. The molecule has 2 unspecified atom stereocenters. The van der Waals surface area contributed by atoms with Crippen molar-refractivity contribution in [1.29, 1.82) is 0 Å². The molecule has 0 radical (unpaired) electrons. The zero-order valence-corrected chi connectivity index (χ0v) is 13.0. The first-order valence-electron chi connectivity index (χ1n) is 7.50. The van der Waals surface area contributed by atoms with Crippen molar-refractivity contribution in [2.24, 2.45) is 16.8 Å². The van der Waals surface area contributed by atoms with Crippen LogP contribution in [0.4, 0.5) is 0 Å². The Labute approximate surface area is 116 Å². The fourth-order valence-electron chi connectivity index (χ4n) is 3.05. The van der Waals surface area contributed by atoms with Gasteiger partial charge in [-0.1, -0.05) is 37.9 Å². The normalized spacial score (nSPS) is 34.3. The maximum absolute atomic E-state index is 4.77. The monoisotopic (exact) mass is 268 g/mol. The van der Waals surface area contributed by atoms with E-state index in [4.69, 9.17) is 4.99 Å². The molecule has 0 aromatic rings. The first kappa shape index (κ1) is 14.2. The minimum atomic E-state index is 0.240. The molecule has 1 aliphatic carbocycles. The largest absolute Gasteiger partial charge is 0.360 e. The summed E-state index contributed by atoms with van der Waals surface area (Å²) in [6, 6.07) is 0. The number of nitrogens with one attached hydrogen (secondary N) is 1. The number of hydrogen-bond acceptors (Lipinski definition) is 2. The van der Waals surface area contributed by atoms with Gasteiger partial charge in [-0.2, -0.15) is 0 Å². The number of rotatable bonds is 3. The molecule has 1 aliphatic heterocycles. The van der Waals surface area contributed by atoms with E-state index in [1.807, 2.05) is 11.8 Å². The lowest BCUT2D eigenvalue weighted by Gasteiger charge is -2.32. The summed E-state index contributed by atoms with van der Waals surface area (Å²) < 4.78 is 0. The van der Waals surface area contributed by atoms with Crippen LogP contribution < -0.4 is 5.32 Å². The molecular formula is C15H28N2S. The van der Waals surface area contributed by atoms with Crippen LogP contribution in [0, 0.1) is 11.8 Å². The van der Waals surface area contributed by atoms with Crippen molar-refractivity contribution in [2.45, 2.75) is 64.8 Å². The molecule has 2 aliphatic rings. The van der Waals surface area contributed by atoms with Crippen LogP contribution in [-0.4, -0.2) is 23.0 Å². The van der Waals surface area contributed by atoms with Gasteiger partial charge in [0.2, 0.25) is 0 Å². The van der Waals surface area contributed by atoms with Gasteiger partial charge in [-0.25, -0.2) is 0 Å². The molecule has 1 N–H and O–H groups in total. The molecule has 2 nitrogen and oxygen atoms in total. The van der Waals surface area contributed by atoms with Crippen LogP contribution in [0.5, 0.6) is 0 Å². The van der Waals surface area contributed by atoms with Gasteiger partial charge in [-0.15, -0.1) is 0 Å². The third kappa shape index (κ3) is 4.49. The lowest BCUT2D eigenvalue weighted by Crippen LogP contribution is -2.46. The number of aliphatic imine (C=N–C) groups is 1. The molecule has 1 saturated heterocycles. The highest BCUT2D eigenvalue weighted by atomic mass is 32.2. The quantitative estimate of drug-likeness (QED) is 0.834. The fourth-order valence-corrected chi connectivity index (χ4v) is 4.38. The van der Waals surface area contributed by atoms with Gasteiger partial charge in [0, 0.05) is 17.8 Å². The van der Waals surface area contributed by atoms with Crippen LogP contribution in [0.3, 0.4) is 0 Å². The molecule has 0 spiro atoms. The third-order valence-electron chi connectivity index (χ3n) is 4.25. The van der Waals surface area contributed by atoms with E-state index < -0.39 is 0 Å². The lowest BCUT2D eigenvalue weighted by atomic mass is 9.81. The summed E-state index contributed by atoms with van der Waals surface area (Å²) in [5, 5.41) is 4.73. The lowest BCUT2D eigenvalue weighted by molar-refractivity contribution is 0.272. The maximum atomic E-state index is 4.77. The minimum absolute atomic E-state index is 0.240. The second-order valence-corrected chi connectivity index (χ2v) is 7.80. The van der Waals surface area contributed by atoms with Gasteiger partial charge in [0.25, 0.3) is 0 Å². The Hall–Kier alpha value is -0.180. The number of hydrogen-bond donors (Lipinski definition) is 1. The van der Waals surface area contributed by atoms with Gasteiger partial charge in [0.15, 0.2) is 5.17 Å². The van der Waals surface area contributed by atoms with Gasteiger partial charge in [0.1, 0.15) is 0 Å². The van der Waals surface area contributed by atoms with E-state index in [-0.39, 0.29) is 5.54 Å². The minimum Gasteiger partial charge on any atom is -0.360 e. The van der Waals surface area contributed by atoms with Crippen LogP contribution in [0.15, 0.2) is 4.99 Å². The predicted molar refractivity (Wildman–Crippen MR) is 82.3 cm³/mol. The average Bonchev–Trinajstić information content (AvgIpc) is 2.28. The van der Waals surface area contributed by atoms with E-state index in [2.05, 4.69) is 26.1 Å². The second kappa shape index (κ2) is 6.31. The number of amidine groups is 1. The number of nitrogens with zero attached hydrogens (tertiary/aromatic N) is 1. The smallest absolute Gasteiger partial charge is 0.156 e. The van der Waals surface area contributed by atoms with Gasteiger partial charge < -0.3 is 5.32 Å². The Morgan fingerprint density at radius 1 is 1.39 bits per heavy atom. The van der Waals surface area contributed by atoms with E-state index in [1.54, 1.807) is 0 Å². The standard InChI is InChI=1S/C15H28N2S/c1-12-5-4-6-13(11-12)7-9-16-14-17-15(2,3)8-10-18-14/h12-13H,4-11H2,1-3H3,(H,16,17). The molecule has 3 heteroatoms. The third-order valence-corrected chi connectivity index (χ3v) is 5.16. The van der Waals surface area contributed by atoms with Crippen LogP contribution in [-0.2, 0) is 0 Å². The van der Waals surface area contributed by atoms with Crippen molar-refractivity contribution in [2.75, 3.05) is 12.3 Å². The van der Waals surface area contributed by atoms with E-state index >= 15 is 0 Å². The second-order valence-electron chi connectivity index (χ2n) is 6.72. The molecule has 0 amide bonds. The highest BCUT2D eigenvalue weighted by Gasteiger charge is 2.24. The summed E-state index contributed by atoms with van der Waals surface area (Å²) in [6.07, 6.45) is 8.25. The topological polar surface area (TPSA) is 24.4 Å². The van der Waals surface area contributed by atoms with Gasteiger partial charge in [-0.05, 0) is 44.9 Å². The molecule has 0 aromatic heterocycles. The van der Waals surface area contributed by atoms with E-state index in [0.717, 1.165) is 18.4 Å². The molecule has 1 heterocycles. The highest BCUT2D eigenvalue weighted by molar-refractivity contribution is 8.13. The average molecular weight is 268 g/mol. The molecule has 1 saturated carbocycles. The molecule has 0 bridgehead atoms. The molecular weight excluding hydrogens is 240 g/mol. The molecule has 18 heavy (non-hydrogen) atoms. The summed E-state index contributed by atoms with van der Waals surface area (Å²) in [6.45, 7) is 7.96. The molecule has 0 aromatic carbocycles. The van der Waals surface area contributed by atoms with E-state index in [0.29, 0.717) is 0 Å². The highest BCUT2D eigenvalue weighted by Crippen LogP contribution is 2.30. The Bertz CT molecular complexity index is 299. The summed E-state index contributed by atoms with van der Waals surface area (Å²) in [7, 11) is 0. The van der Waals surface area contributed by atoms with Crippen LogP contribution in [0.2, 0.25) is 0 Å². The molecule has 2 rings (SSSR count). The summed E-state index contributed by atoms with van der Waals surface area (Å²) in [5.41, 5.74) is 0.240. The van der Waals surface area contributed by atoms with Crippen molar-refractivity contribution in [3.63, 3.8) is 0 Å². The molecule has 2 atom stereocenters. The van der Waals surface area contributed by atoms with Crippen molar-refractivity contribution < 1.29 is 0 Å². The van der Waals surface area contributed by atoms with Crippen molar-refractivity contribution in [1.82, 2.24) is 5.32 Å². The summed E-state index contributed by atoms with van der Waals surface area (Å²) in [5.74, 6) is 3.08. The van der Waals surface area contributed by atoms with Gasteiger partial charge in [-0.3, -0.25) is 4.99 Å². The van der Waals surface area contributed by atoms with Gasteiger partial charge in [0.05, 0.1) is 0 Å². The first-order valence-corrected chi connectivity index (χ1v) is 8.49. The van der Waals surface area contributed by atoms with Crippen molar-refractivity contribution in [3.05, 3.63) is 0 Å². The summed E-state index contributed by atoms with van der Waals surface area (Å²) in [4.78, 5) is 4.77. The Morgan fingerprint density at radius 3 is 2.94 bits per heavy atom. The van der Waals surface area contributed by atoms with Crippen LogP contribution >= 0.6 is 11.8 Å². The van der Waals surface area contributed by atoms with Crippen LogP contribution in [0.25, 0.3) is 0 Å². The zero-order valence-electron chi connectivity index (χ0n) is 12.2. The van der Waals surface area contributed by atoms with Gasteiger partial charge >= 0.3 is 0 Å².